The fourth-order valence-electron chi connectivity index (χ4n) is 3.42. The normalized spacial score (nSPS) is 25.0. The van der Waals surface area contributed by atoms with E-state index in [2.05, 4.69) is 10.6 Å². The van der Waals surface area contributed by atoms with Crippen molar-refractivity contribution in [1.29, 1.82) is 0 Å². The van der Waals surface area contributed by atoms with Crippen LogP contribution >= 0.6 is 11.3 Å². The Morgan fingerprint density at radius 1 is 1.38 bits per heavy atom. The van der Waals surface area contributed by atoms with Gasteiger partial charge in [-0.3, -0.25) is 14.5 Å². The van der Waals surface area contributed by atoms with E-state index >= 15 is 0 Å². The number of nitrogens with one attached hydrogen (secondary N) is 2. The summed E-state index contributed by atoms with van der Waals surface area (Å²) >= 11 is 1.41. The first-order valence-electron chi connectivity index (χ1n) is 8.45. The molecule has 3 rings (SSSR count). The highest BCUT2D eigenvalue weighted by atomic mass is 32.1. The van der Waals surface area contributed by atoms with Crippen molar-refractivity contribution in [3.05, 3.63) is 22.4 Å². The standard InChI is InChI=1S/C17H23N3O3S/c1-17(13-8-5-9-24-13)15(22)20(16(23)19-17)11-14(21)18-10-12-6-3-2-4-7-12/h5,8-9,12H,2-4,6-7,10-11H2,1H3,(H,18,21)(H,19,23). The summed E-state index contributed by atoms with van der Waals surface area (Å²) < 4.78 is 0. The molecule has 1 unspecified atom stereocenters. The molecule has 1 aromatic rings. The van der Waals surface area contributed by atoms with E-state index in [0.29, 0.717) is 12.5 Å². The molecular formula is C17H23N3O3S. The first-order valence-corrected chi connectivity index (χ1v) is 9.33. The van der Waals surface area contributed by atoms with Gasteiger partial charge < -0.3 is 10.6 Å². The number of hydrogen-bond acceptors (Lipinski definition) is 4. The zero-order valence-corrected chi connectivity index (χ0v) is 14.7. The summed E-state index contributed by atoms with van der Waals surface area (Å²) in [6.45, 7) is 2.09. The quantitative estimate of drug-likeness (QED) is 0.800. The first kappa shape index (κ1) is 17.0. The summed E-state index contributed by atoms with van der Waals surface area (Å²) in [5.74, 6) is -0.135. The molecule has 1 atom stereocenters. The molecule has 0 bridgehead atoms. The van der Waals surface area contributed by atoms with Crippen LogP contribution in [0.15, 0.2) is 17.5 Å². The first-order chi connectivity index (χ1) is 11.5. The van der Waals surface area contributed by atoms with Gasteiger partial charge in [0.1, 0.15) is 6.54 Å². The van der Waals surface area contributed by atoms with Crippen LogP contribution in [0.5, 0.6) is 0 Å². The van der Waals surface area contributed by atoms with Crippen molar-refractivity contribution in [2.45, 2.75) is 44.6 Å². The van der Waals surface area contributed by atoms with Crippen molar-refractivity contribution in [3.63, 3.8) is 0 Å². The molecule has 4 amide bonds. The molecular weight excluding hydrogens is 326 g/mol. The summed E-state index contributed by atoms with van der Waals surface area (Å²) in [6, 6.07) is 3.14. The summed E-state index contributed by atoms with van der Waals surface area (Å²) in [4.78, 5) is 38.7. The fourth-order valence-corrected chi connectivity index (χ4v) is 4.25. The predicted octanol–water partition coefficient (Wildman–Crippen LogP) is 2.21. The SMILES string of the molecule is CC1(c2cccs2)NC(=O)N(CC(=O)NCC2CCCCC2)C1=O. The maximum Gasteiger partial charge on any atom is 0.325 e. The Morgan fingerprint density at radius 3 is 2.79 bits per heavy atom. The predicted molar refractivity (Wildman–Crippen MR) is 91.5 cm³/mol. The molecule has 24 heavy (non-hydrogen) atoms. The van der Waals surface area contributed by atoms with E-state index in [0.717, 1.165) is 22.6 Å². The van der Waals surface area contributed by atoms with Crippen molar-refractivity contribution in [2.75, 3.05) is 13.1 Å². The second-order valence-electron chi connectivity index (χ2n) is 6.73. The van der Waals surface area contributed by atoms with Crippen molar-refractivity contribution in [3.8, 4) is 0 Å². The second-order valence-corrected chi connectivity index (χ2v) is 7.68. The van der Waals surface area contributed by atoms with Crippen LogP contribution in [0.2, 0.25) is 0 Å². The minimum absolute atomic E-state index is 0.224. The topological polar surface area (TPSA) is 78.5 Å². The maximum atomic E-state index is 12.6. The lowest BCUT2D eigenvalue weighted by Gasteiger charge is -2.22. The average Bonchev–Trinajstić information content (AvgIpc) is 3.19. The smallest absolute Gasteiger partial charge is 0.325 e. The Balaban J connectivity index is 1.57. The van der Waals surface area contributed by atoms with Gasteiger partial charge in [-0.25, -0.2) is 4.79 Å². The number of imide groups is 1. The van der Waals surface area contributed by atoms with Crippen LogP contribution in [-0.4, -0.2) is 35.8 Å². The molecule has 2 aliphatic rings. The van der Waals surface area contributed by atoms with Crippen molar-refractivity contribution in [2.24, 2.45) is 5.92 Å². The molecule has 130 valence electrons. The van der Waals surface area contributed by atoms with Gasteiger partial charge in [0.15, 0.2) is 5.54 Å². The van der Waals surface area contributed by atoms with Gasteiger partial charge in [-0.15, -0.1) is 11.3 Å². The van der Waals surface area contributed by atoms with Crippen LogP contribution in [-0.2, 0) is 15.1 Å². The van der Waals surface area contributed by atoms with Crippen LogP contribution in [0.25, 0.3) is 0 Å². The zero-order valence-electron chi connectivity index (χ0n) is 13.8. The Bertz CT molecular complexity index is 625. The van der Waals surface area contributed by atoms with E-state index in [1.54, 1.807) is 6.92 Å². The van der Waals surface area contributed by atoms with Crippen molar-refractivity contribution in [1.82, 2.24) is 15.5 Å². The third-order valence-corrected chi connectivity index (χ3v) is 5.99. The zero-order chi connectivity index (χ0) is 17.2. The molecule has 1 saturated heterocycles. The fraction of sp³-hybridized carbons (Fsp3) is 0.588. The Hall–Kier alpha value is -1.89. The Morgan fingerprint density at radius 2 is 2.12 bits per heavy atom. The second kappa shape index (κ2) is 6.93. The summed E-state index contributed by atoms with van der Waals surface area (Å²) in [5, 5.41) is 7.44. The molecule has 1 aliphatic carbocycles. The largest absolute Gasteiger partial charge is 0.354 e. The molecule has 2 fully saturated rings. The minimum Gasteiger partial charge on any atom is -0.354 e. The van der Waals surface area contributed by atoms with Gasteiger partial charge in [0, 0.05) is 11.4 Å². The highest BCUT2D eigenvalue weighted by molar-refractivity contribution is 7.10. The summed E-state index contributed by atoms with van der Waals surface area (Å²) in [5.41, 5.74) is -1.07. The number of thiophene rings is 1. The van der Waals surface area contributed by atoms with E-state index in [9.17, 15) is 14.4 Å². The summed E-state index contributed by atoms with van der Waals surface area (Å²) in [7, 11) is 0. The number of rotatable bonds is 5. The minimum atomic E-state index is -1.07. The van der Waals surface area contributed by atoms with Crippen LogP contribution in [0.1, 0.15) is 43.9 Å². The molecule has 0 spiro atoms. The van der Waals surface area contributed by atoms with Gasteiger partial charge in [-0.2, -0.15) is 0 Å². The molecule has 0 radical (unpaired) electrons. The highest BCUT2D eigenvalue weighted by Crippen LogP contribution is 2.31. The molecule has 6 nitrogen and oxygen atoms in total. The van der Waals surface area contributed by atoms with Crippen LogP contribution in [0.3, 0.4) is 0 Å². The molecule has 2 N–H and O–H groups in total. The van der Waals surface area contributed by atoms with Gasteiger partial charge in [0.2, 0.25) is 5.91 Å². The van der Waals surface area contributed by atoms with Crippen LogP contribution < -0.4 is 10.6 Å². The van der Waals surface area contributed by atoms with Gasteiger partial charge in [0.05, 0.1) is 0 Å². The lowest BCUT2D eigenvalue weighted by molar-refractivity contribution is -0.134. The van der Waals surface area contributed by atoms with Gasteiger partial charge >= 0.3 is 6.03 Å². The molecule has 2 heterocycles. The summed E-state index contributed by atoms with van der Waals surface area (Å²) in [6.07, 6.45) is 5.98. The molecule has 1 aromatic heterocycles. The molecule has 1 aliphatic heterocycles. The third kappa shape index (κ3) is 3.31. The number of carbonyl (C=O) groups excluding carboxylic acids is 3. The van der Waals surface area contributed by atoms with Crippen LogP contribution in [0.4, 0.5) is 4.79 Å². The highest BCUT2D eigenvalue weighted by Gasteiger charge is 2.50. The lowest BCUT2D eigenvalue weighted by atomic mass is 9.89. The molecule has 7 heteroatoms. The Labute approximate surface area is 145 Å². The molecule has 0 aromatic carbocycles. The third-order valence-electron chi connectivity index (χ3n) is 4.90. The van der Waals surface area contributed by atoms with Gasteiger partial charge in [0.25, 0.3) is 5.91 Å². The van der Waals surface area contributed by atoms with Gasteiger partial charge in [-0.05, 0) is 37.1 Å². The maximum absolute atomic E-state index is 12.6. The van der Waals surface area contributed by atoms with E-state index in [-0.39, 0.29) is 18.4 Å². The Kier molecular flexibility index (Phi) is 4.89. The van der Waals surface area contributed by atoms with Gasteiger partial charge in [-0.1, -0.05) is 25.3 Å². The lowest BCUT2D eigenvalue weighted by Crippen LogP contribution is -2.43. The average molecular weight is 349 g/mol. The number of amides is 4. The number of nitrogens with zero attached hydrogens (tertiary/aromatic N) is 1. The van der Waals surface area contributed by atoms with Crippen molar-refractivity contribution < 1.29 is 14.4 Å². The molecule has 1 saturated carbocycles. The van der Waals surface area contributed by atoms with E-state index in [1.165, 1.54) is 30.6 Å². The van der Waals surface area contributed by atoms with Crippen molar-refractivity contribution >= 4 is 29.2 Å². The van der Waals surface area contributed by atoms with E-state index in [1.807, 2.05) is 17.5 Å². The number of hydrogen-bond donors (Lipinski definition) is 2. The van der Waals surface area contributed by atoms with E-state index in [4.69, 9.17) is 0 Å². The van der Waals surface area contributed by atoms with Crippen LogP contribution in [0, 0.1) is 5.92 Å². The van der Waals surface area contributed by atoms with E-state index < -0.39 is 11.6 Å². The number of carbonyl (C=O) groups is 3. The monoisotopic (exact) mass is 349 g/mol. The number of urea groups is 1.